The van der Waals surface area contributed by atoms with Crippen molar-refractivity contribution in [1.82, 2.24) is 4.90 Å². The second-order valence-corrected chi connectivity index (χ2v) is 7.46. The molecule has 0 bridgehead atoms. The van der Waals surface area contributed by atoms with E-state index in [9.17, 15) is 9.59 Å². The summed E-state index contributed by atoms with van der Waals surface area (Å²) >= 11 is 0. The lowest BCUT2D eigenvalue weighted by atomic mass is 10.00. The predicted octanol–water partition coefficient (Wildman–Crippen LogP) is 3.40. The number of allylic oxidation sites excluding steroid dienone is 1. The molecule has 0 fully saturated rings. The molecule has 1 amide bonds. The van der Waals surface area contributed by atoms with Gasteiger partial charge in [0.2, 0.25) is 24.2 Å². The molecule has 2 heterocycles. The highest BCUT2D eigenvalue weighted by Gasteiger charge is 2.28. The minimum atomic E-state index is -0.178. The molecule has 0 spiro atoms. The van der Waals surface area contributed by atoms with E-state index in [0.717, 1.165) is 23.1 Å². The number of hydrogen-bond donors (Lipinski definition) is 1. The summed E-state index contributed by atoms with van der Waals surface area (Å²) < 4.78 is 16.8. The van der Waals surface area contributed by atoms with Crippen LogP contribution >= 0.6 is 0 Å². The van der Waals surface area contributed by atoms with Gasteiger partial charge in [-0.05, 0) is 42.7 Å². The first kappa shape index (κ1) is 19.8. The van der Waals surface area contributed by atoms with Crippen molar-refractivity contribution in [3.63, 3.8) is 0 Å². The first-order valence-corrected chi connectivity index (χ1v) is 9.74. The second kappa shape index (κ2) is 7.74. The number of fused-ring (bicyclic) bond motifs is 2. The minimum absolute atomic E-state index is 0.128. The van der Waals surface area contributed by atoms with Gasteiger partial charge in [0.05, 0.1) is 12.8 Å². The number of Topliss-reactive ketones (excluding diaryl/α,β-unsaturated/α-hetero) is 1. The summed E-state index contributed by atoms with van der Waals surface area (Å²) in [5.74, 6) is 1.49. The van der Waals surface area contributed by atoms with Crippen molar-refractivity contribution in [1.29, 1.82) is 0 Å². The SMILES string of the molecule is COc1c2c(cc3c1OCO3)CCN(C)C(C(=O)c1ccc(C)c(NC(C)=O)c1)=C2. The summed E-state index contributed by atoms with van der Waals surface area (Å²) in [6, 6.07) is 7.29. The molecule has 0 atom stereocenters. The number of benzene rings is 2. The van der Waals surface area contributed by atoms with Crippen LogP contribution in [0.3, 0.4) is 0 Å². The maximum absolute atomic E-state index is 13.4. The van der Waals surface area contributed by atoms with Gasteiger partial charge in [-0.25, -0.2) is 0 Å². The quantitative estimate of drug-likeness (QED) is 0.782. The summed E-state index contributed by atoms with van der Waals surface area (Å²) in [4.78, 5) is 26.9. The molecule has 7 heteroatoms. The van der Waals surface area contributed by atoms with Gasteiger partial charge in [-0.3, -0.25) is 9.59 Å². The van der Waals surface area contributed by atoms with E-state index in [1.165, 1.54) is 6.92 Å². The molecule has 1 N–H and O–H groups in total. The van der Waals surface area contributed by atoms with E-state index in [-0.39, 0.29) is 18.5 Å². The van der Waals surface area contributed by atoms with Crippen LogP contribution in [-0.2, 0) is 11.2 Å². The number of nitrogens with zero attached hydrogens (tertiary/aromatic N) is 1. The highest BCUT2D eigenvalue weighted by molar-refractivity contribution is 6.12. The first-order valence-electron chi connectivity index (χ1n) is 9.74. The molecule has 0 radical (unpaired) electrons. The first-order chi connectivity index (χ1) is 14.4. The Kier molecular flexibility index (Phi) is 5.11. The molecule has 0 aromatic heterocycles. The molecule has 0 aliphatic carbocycles. The Hall–Kier alpha value is -3.48. The molecule has 0 unspecified atom stereocenters. The van der Waals surface area contributed by atoms with E-state index >= 15 is 0 Å². The molecule has 0 saturated heterocycles. The van der Waals surface area contributed by atoms with Crippen molar-refractivity contribution in [2.45, 2.75) is 20.3 Å². The van der Waals surface area contributed by atoms with Gasteiger partial charge < -0.3 is 24.4 Å². The van der Waals surface area contributed by atoms with E-state index in [0.29, 0.717) is 40.7 Å². The summed E-state index contributed by atoms with van der Waals surface area (Å²) in [6.45, 7) is 4.15. The van der Waals surface area contributed by atoms with Crippen molar-refractivity contribution in [2.24, 2.45) is 0 Å². The van der Waals surface area contributed by atoms with Gasteiger partial charge >= 0.3 is 0 Å². The monoisotopic (exact) mass is 408 g/mol. The summed E-state index contributed by atoms with van der Waals surface area (Å²) in [5.41, 5.74) is 4.43. The number of likely N-dealkylation sites (N-methyl/N-ethyl adjacent to an activating group) is 1. The van der Waals surface area contributed by atoms with E-state index in [1.54, 1.807) is 19.2 Å². The van der Waals surface area contributed by atoms with Crippen LogP contribution in [0.5, 0.6) is 17.2 Å². The van der Waals surface area contributed by atoms with Crippen LogP contribution in [0.25, 0.3) is 6.08 Å². The highest BCUT2D eigenvalue weighted by atomic mass is 16.7. The molecular weight excluding hydrogens is 384 g/mol. The Morgan fingerprint density at radius 2 is 2.00 bits per heavy atom. The molecule has 4 rings (SSSR count). The number of ketones is 1. The lowest BCUT2D eigenvalue weighted by Gasteiger charge is -2.20. The van der Waals surface area contributed by atoms with Gasteiger partial charge in [0, 0.05) is 37.3 Å². The van der Waals surface area contributed by atoms with E-state index in [4.69, 9.17) is 14.2 Å². The maximum Gasteiger partial charge on any atom is 0.231 e. The van der Waals surface area contributed by atoms with Crippen LogP contribution in [-0.4, -0.2) is 44.1 Å². The number of ether oxygens (including phenoxy) is 3. The number of nitrogens with one attached hydrogen (secondary N) is 1. The number of carbonyl (C=O) groups is 2. The molecule has 156 valence electrons. The van der Waals surface area contributed by atoms with Crippen LogP contribution in [0.4, 0.5) is 5.69 Å². The van der Waals surface area contributed by atoms with Gasteiger partial charge in [-0.15, -0.1) is 0 Å². The fourth-order valence-electron chi connectivity index (χ4n) is 3.77. The van der Waals surface area contributed by atoms with Crippen LogP contribution in [0.15, 0.2) is 30.0 Å². The summed E-state index contributed by atoms with van der Waals surface area (Å²) in [7, 11) is 3.48. The fraction of sp³-hybridized carbons (Fsp3) is 0.304. The zero-order valence-electron chi connectivity index (χ0n) is 17.5. The number of aryl methyl sites for hydroxylation is 1. The number of rotatable bonds is 4. The molecule has 2 aromatic rings. The third-order valence-electron chi connectivity index (χ3n) is 5.40. The number of methoxy groups -OCH3 is 1. The number of anilines is 1. The Labute approximate surface area is 175 Å². The van der Waals surface area contributed by atoms with E-state index in [2.05, 4.69) is 5.32 Å². The summed E-state index contributed by atoms with van der Waals surface area (Å²) in [5, 5.41) is 2.78. The van der Waals surface area contributed by atoms with Crippen LogP contribution < -0.4 is 19.5 Å². The second-order valence-electron chi connectivity index (χ2n) is 7.46. The topological polar surface area (TPSA) is 77.1 Å². The lowest BCUT2D eigenvalue weighted by Crippen LogP contribution is -2.24. The van der Waals surface area contributed by atoms with Crippen LogP contribution in [0.2, 0.25) is 0 Å². The average Bonchev–Trinajstić information content (AvgIpc) is 3.11. The normalized spacial score (nSPS) is 14.5. The molecule has 2 aromatic carbocycles. The summed E-state index contributed by atoms with van der Waals surface area (Å²) in [6.07, 6.45) is 2.58. The molecule has 30 heavy (non-hydrogen) atoms. The standard InChI is InChI=1S/C23H24N2O5/c1-13-5-6-16(9-18(13)24-14(2)26)21(27)19-11-17-15(7-8-25(19)3)10-20-23(22(17)28-4)30-12-29-20/h5-6,9-11H,7-8,12H2,1-4H3,(H,24,26). The van der Waals surface area contributed by atoms with Crippen molar-refractivity contribution in [2.75, 3.05) is 32.8 Å². The Balaban J connectivity index is 1.79. The van der Waals surface area contributed by atoms with Crippen molar-refractivity contribution >= 4 is 23.5 Å². The molecule has 7 nitrogen and oxygen atoms in total. The van der Waals surface area contributed by atoms with Gasteiger partial charge in [0.25, 0.3) is 0 Å². The van der Waals surface area contributed by atoms with Crippen LogP contribution in [0, 0.1) is 6.92 Å². The Morgan fingerprint density at radius 3 is 2.73 bits per heavy atom. The fourth-order valence-corrected chi connectivity index (χ4v) is 3.77. The zero-order valence-corrected chi connectivity index (χ0v) is 17.5. The van der Waals surface area contributed by atoms with E-state index in [1.807, 2.05) is 37.1 Å². The molecule has 2 aliphatic rings. The molecular formula is C23H24N2O5. The van der Waals surface area contributed by atoms with Crippen molar-refractivity contribution in [3.8, 4) is 17.2 Å². The van der Waals surface area contributed by atoms with Gasteiger partial charge in [-0.2, -0.15) is 0 Å². The maximum atomic E-state index is 13.4. The highest BCUT2D eigenvalue weighted by Crippen LogP contribution is 2.46. The van der Waals surface area contributed by atoms with Crippen molar-refractivity contribution < 1.29 is 23.8 Å². The zero-order chi connectivity index (χ0) is 21.4. The third-order valence-corrected chi connectivity index (χ3v) is 5.40. The van der Waals surface area contributed by atoms with Gasteiger partial charge in [0.15, 0.2) is 11.5 Å². The molecule has 2 aliphatic heterocycles. The van der Waals surface area contributed by atoms with E-state index < -0.39 is 0 Å². The third kappa shape index (κ3) is 3.47. The number of hydrogen-bond acceptors (Lipinski definition) is 6. The average molecular weight is 408 g/mol. The predicted molar refractivity (Wildman–Crippen MR) is 113 cm³/mol. The van der Waals surface area contributed by atoms with Crippen LogP contribution in [0.1, 0.15) is 34.0 Å². The van der Waals surface area contributed by atoms with Gasteiger partial charge in [-0.1, -0.05) is 12.1 Å². The lowest BCUT2D eigenvalue weighted by molar-refractivity contribution is -0.114. The molecule has 0 saturated carbocycles. The van der Waals surface area contributed by atoms with Crippen molar-refractivity contribution in [3.05, 3.63) is 52.2 Å². The Morgan fingerprint density at radius 1 is 1.20 bits per heavy atom. The smallest absolute Gasteiger partial charge is 0.231 e. The van der Waals surface area contributed by atoms with Gasteiger partial charge in [0.1, 0.15) is 0 Å². The number of amides is 1. The Bertz CT molecular complexity index is 1070. The number of carbonyl (C=O) groups excluding carboxylic acids is 2. The minimum Gasteiger partial charge on any atom is -0.492 e. The largest absolute Gasteiger partial charge is 0.492 e.